The van der Waals surface area contributed by atoms with Gasteiger partial charge >= 0.3 is 5.97 Å². The summed E-state index contributed by atoms with van der Waals surface area (Å²) in [6.07, 6.45) is 3.55. The molecule has 7 rings (SSSR count). The van der Waals surface area contributed by atoms with Crippen LogP contribution in [0.1, 0.15) is 55.6 Å². The van der Waals surface area contributed by atoms with Crippen molar-refractivity contribution >= 4 is 46.9 Å². The summed E-state index contributed by atoms with van der Waals surface area (Å²) in [4.78, 5) is 70.1. The van der Waals surface area contributed by atoms with E-state index in [9.17, 15) is 28.7 Å². The van der Waals surface area contributed by atoms with Gasteiger partial charge in [-0.15, -0.1) is 0 Å². The number of carboxylic acid groups (broad SMARTS) is 1. The number of imide groups is 2. The number of hydrazine groups is 1. The van der Waals surface area contributed by atoms with Gasteiger partial charge in [0.25, 0.3) is 11.8 Å². The summed E-state index contributed by atoms with van der Waals surface area (Å²) in [6, 6.07) is 16.8. The van der Waals surface area contributed by atoms with E-state index in [2.05, 4.69) is 5.43 Å². The molecule has 0 bridgehead atoms. The molecule has 0 radical (unpaired) electrons. The Morgan fingerprint density at radius 1 is 0.962 bits per heavy atom. The van der Waals surface area contributed by atoms with Crippen LogP contribution < -0.4 is 10.2 Å². The number of allylic oxidation sites excluding steroid dienone is 2. The van der Waals surface area contributed by atoms with Gasteiger partial charge in [0.05, 0.1) is 36.0 Å². The summed E-state index contributed by atoms with van der Waals surface area (Å²) >= 11 is 6.33. The van der Waals surface area contributed by atoms with Crippen LogP contribution in [0.5, 0.6) is 11.5 Å². The number of unbranched alkanes of at least 4 members (excludes halogenated alkanes) is 2. The van der Waals surface area contributed by atoms with E-state index in [0.717, 1.165) is 5.01 Å². The second kappa shape index (κ2) is 13.7. The second-order valence-corrected chi connectivity index (χ2v) is 14.2. The molecule has 3 fully saturated rings. The van der Waals surface area contributed by atoms with E-state index in [4.69, 9.17) is 21.4 Å². The van der Waals surface area contributed by atoms with Crippen molar-refractivity contribution < 1.29 is 43.3 Å². The van der Waals surface area contributed by atoms with Crippen molar-refractivity contribution in [2.75, 3.05) is 19.1 Å². The number of carbonyl (C=O) groups is 5. The average Bonchev–Trinajstić information content (AvgIpc) is 3.50. The van der Waals surface area contributed by atoms with Gasteiger partial charge < -0.3 is 14.9 Å². The van der Waals surface area contributed by atoms with Gasteiger partial charge in [0.15, 0.2) is 11.5 Å². The number of phenols is 1. The third-order valence-corrected chi connectivity index (χ3v) is 11.4. The highest BCUT2D eigenvalue weighted by Crippen LogP contribution is 2.65. The van der Waals surface area contributed by atoms with E-state index in [-0.39, 0.29) is 49.1 Å². The SMILES string of the molecule is COc1cccc([C@H]2C3=CC[C@@H]4C(=O)N(CCCCCC(=O)O)C(=O)[C@@H]4[C@@H]3C[C@H]3C(=O)N(Nc4ccc(F)cc4)C(=O)[C@@]23c2ccc(Cl)cc2)c1O. The fourth-order valence-corrected chi connectivity index (χ4v) is 9.07. The van der Waals surface area contributed by atoms with Gasteiger partial charge in [-0.3, -0.25) is 34.3 Å². The van der Waals surface area contributed by atoms with Crippen molar-refractivity contribution in [3.8, 4) is 11.5 Å². The molecule has 11 nitrogen and oxygen atoms in total. The molecule has 4 amide bonds. The lowest BCUT2D eigenvalue weighted by atomic mass is 9.49. The molecule has 3 aromatic rings. The predicted molar refractivity (Wildman–Crippen MR) is 187 cm³/mol. The number of fused-ring (bicyclic) bond motifs is 4. The van der Waals surface area contributed by atoms with E-state index in [1.54, 1.807) is 42.5 Å². The summed E-state index contributed by atoms with van der Waals surface area (Å²) in [7, 11) is 1.41. The molecule has 4 aliphatic rings. The number of aromatic hydroxyl groups is 1. The lowest BCUT2D eigenvalue weighted by Gasteiger charge is -2.50. The zero-order chi connectivity index (χ0) is 36.9. The molecular weight excluding hydrogens is 693 g/mol. The molecule has 2 saturated heterocycles. The predicted octanol–water partition coefficient (Wildman–Crippen LogP) is 5.82. The van der Waals surface area contributed by atoms with E-state index < -0.39 is 58.6 Å². The number of phenolic OH excluding ortho intramolecular Hbond substituents is 1. The maximum Gasteiger partial charge on any atom is 0.303 e. The van der Waals surface area contributed by atoms with E-state index >= 15 is 4.79 Å². The summed E-state index contributed by atoms with van der Waals surface area (Å²) < 4.78 is 19.3. The number of hydrogen-bond donors (Lipinski definition) is 3. The van der Waals surface area contributed by atoms with Crippen molar-refractivity contribution in [2.24, 2.45) is 23.7 Å². The van der Waals surface area contributed by atoms with Gasteiger partial charge in [-0.1, -0.05) is 53.9 Å². The van der Waals surface area contributed by atoms with Gasteiger partial charge in [0.2, 0.25) is 11.8 Å². The van der Waals surface area contributed by atoms with Gasteiger partial charge in [0.1, 0.15) is 5.82 Å². The molecule has 3 N–H and O–H groups in total. The Bertz CT molecular complexity index is 1990. The molecule has 0 unspecified atom stereocenters. The van der Waals surface area contributed by atoms with Crippen molar-refractivity contribution in [3.63, 3.8) is 0 Å². The van der Waals surface area contributed by atoms with Gasteiger partial charge in [0, 0.05) is 29.5 Å². The number of hydrogen-bond acceptors (Lipinski definition) is 8. The van der Waals surface area contributed by atoms with E-state index in [1.807, 2.05) is 6.08 Å². The van der Waals surface area contributed by atoms with Crippen LogP contribution in [-0.4, -0.2) is 63.4 Å². The number of para-hydroxylation sites is 1. The number of likely N-dealkylation sites (tertiary alicyclic amines) is 1. The lowest BCUT2D eigenvalue weighted by Crippen LogP contribution is -2.53. The largest absolute Gasteiger partial charge is 0.504 e. The number of amides is 4. The molecule has 3 aromatic carbocycles. The van der Waals surface area contributed by atoms with Crippen LogP contribution in [0.2, 0.25) is 5.02 Å². The highest BCUT2D eigenvalue weighted by molar-refractivity contribution is 6.30. The van der Waals surface area contributed by atoms with Gasteiger partial charge in [-0.2, -0.15) is 5.01 Å². The third-order valence-electron chi connectivity index (χ3n) is 11.2. The molecule has 2 aliphatic carbocycles. The molecule has 6 atom stereocenters. The number of benzene rings is 3. The number of carbonyl (C=O) groups excluding carboxylic acids is 4. The van der Waals surface area contributed by atoms with Crippen molar-refractivity contribution in [1.29, 1.82) is 0 Å². The number of ether oxygens (including phenoxy) is 1. The minimum Gasteiger partial charge on any atom is -0.504 e. The third kappa shape index (κ3) is 5.60. The molecule has 2 heterocycles. The molecule has 0 aromatic heterocycles. The zero-order valence-electron chi connectivity index (χ0n) is 28.3. The molecule has 1 saturated carbocycles. The lowest BCUT2D eigenvalue weighted by molar-refractivity contribution is -0.141. The first-order valence-electron chi connectivity index (χ1n) is 17.3. The van der Waals surface area contributed by atoms with Crippen LogP contribution in [0.3, 0.4) is 0 Å². The average molecular weight is 730 g/mol. The van der Waals surface area contributed by atoms with E-state index in [1.165, 1.54) is 36.3 Å². The Morgan fingerprint density at radius 3 is 2.38 bits per heavy atom. The second-order valence-electron chi connectivity index (χ2n) is 13.8. The number of halogens is 2. The number of rotatable bonds is 11. The Balaban J connectivity index is 1.37. The fraction of sp³-hybridized carbons (Fsp3) is 0.359. The minimum absolute atomic E-state index is 0.00244. The topological polar surface area (TPSA) is 154 Å². The molecular formula is C39H37ClFN3O8. The smallest absolute Gasteiger partial charge is 0.303 e. The maximum atomic E-state index is 15.2. The molecule has 270 valence electrons. The van der Waals surface area contributed by atoms with Crippen molar-refractivity contribution in [2.45, 2.75) is 49.9 Å². The summed E-state index contributed by atoms with van der Waals surface area (Å²) in [6.45, 7) is 0.150. The minimum atomic E-state index is -1.65. The number of aliphatic carboxylic acids is 1. The van der Waals surface area contributed by atoms with Crippen molar-refractivity contribution in [3.05, 3.63) is 100 Å². The maximum absolute atomic E-state index is 15.2. The first-order chi connectivity index (χ1) is 25.0. The Morgan fingerprint density at radius 2 is 1.69 bits per heavy atom. The quantitative estimate of drug-likeness (QED) is 0.126. The molecule has 13 heteroatoms. The van der Waals surface area contributed by atoms with Crippen LogP contribution in [0, 0.1) is 29.5 Å². The summed E-state index contributed by atoms with van der Waals surface area (Å²) in [5, 5.41) is 22.1. The van der Waals surface area contributed by atoms with Crippen LogP contribution in [0.25, 0.3) is 0 Å². The number of methoxy groups -OCH3 is 1. The fourth-order valence-electron chi connectivity index (χ4n) is 8.95. The number of anilines is 1. The Labute approximate surface area is 304 Å². The van der Waals surface area contributed by atoms with Gasteiger partial charge in [-0.25, -0.2) is 4.39 Å². The monoisotopic (exact) mass is 729 g/mol. The first-order valence-corrected chi connectivity index (χ1v) is 17.7. The molecule has 0 spiro atoms. The first kappa shape index (κ1) is 35.2. The van der Waals surface area contributed by atoms with Crippen molar-refractivity contribution in [1.82, 2.24) is 9.91 Å². The van der Waals surface area contributed by atoms with E-state index in [0.29, 0.717) is 46.7 Å². The molecule has 2 aliphatic heterocycles. The summed E-state index contributed by atoms with van der Waals surface area (Å²) in [5.41, 5.74) is 2.98. The zero-order valence-corrected chi connectivity index (χ0v) is 29.0. The van der Waals surface area contributed by atoms with Crippen LogP contribution in [0.15, 0.2) is 78.4 Å². The van der Waals surface area contributed by atoms with Crippen LogP contribution in [0.4, 0.5) is 10.1 Å². The number of nitrogens with one attached hydrogen (secondary N) is 1. The normalized spacial score (nSPS) is 26.5. The van der Waals surface area contributed by atoms with Gasteiger partial charge in [-0.05, 0) is 79.6 Å². The highest BCUT2D eigenvalue weighted by Gasteiger charge is 2.70. The van der Waals surface area contributed by atoms with Crippen LogP contribution >= 0.6 is 11.6 Å². The Hall–Kier alpha value is -5.23. The summed E-state index contributed by atoms with van der Waals surface area (Å²) in [5.74, 6) is -7.55. The number of nitrogens with zero attached hydrogens (tertiary/aromatic N) is 2. The highest BCUT2D eigenvalue weighted by atomic mass is 35.5. The standard InChI is InChI=1S/C39H37ClFN3O8/c1-52-30-7-5-6-27(34(30)47)33-25-17-18-26-32(37(50)43(35(26)48)19-4-2-3-8-31(45)46)28(25)20-29-36(49)44(42-24-15-13-23(41)14-16-24)38(51)39(29,33)21-9-11-22(40)12-10-21/h5-7,9-17,26,28-29,32-33,42,47H,2-4,8,18-20H2,1H3,(H,45,46)/t26-,28+,29-,32-,33+,39+/m0/s1. The van der Waals surface area contributed by atoms with Crippen LogP contribution in [-0.2, 0) is 29.4 Å². The molecule has 52 heavy (non-hydrogen) atoms. The number of carboxylic acids is 1. The Kier molecular flexibility index (Phi) is 9.28.